The van der Waals surface area contributed by atoms with Crippen molar-refractivity contribution in [1.82, 2.24) is 0 Å². The van der Waals surface area contributed by atoms with Crippen LogP contribution >= 0.6 is 0 Å². The van der Waals surface area contributed by atoms with Crippen LogP contribution in [0.25, 0.3) is 0 Å². The monoisotopic (exact) mass is 508 g/mol. The molecule has 10 nitrogen and oxygen atoms in total. The molecule has 0 spiro atoms. The van der Waals surface area contributed by atoms with E-state index < -0.39 is 42.7 Å². The van der Waals surface area contributed by atoms with Gasteiger partial charge < -0.3 is 45.8 Å². The Labute approximate surface area is 189 Å². The summed E-state index contributed by atoms with van der Waals surface area (Å²) in [4.78, 5) is 0. The van der Waals surface area contributed by atoms with Gasteiger partial charge in [0.25, 0.3) is 0 Å². The Bertz CT molecular complexity index is 317. The molecule has 0 rings (SSSR count). The van der Waals surface area contributed by atoms with Gasteiger partial charge in [0.1, 0.15) is 15.4 Å². The first-order valence-electron chi connectivity index (χ1n) is 9.77. The lowest BCUT2D eigenvalue weighted by atomic mass is 10.9. The van der Waals surface area contributed by atoms with Crippen molar-refractivity contribution >= 4 is 37.1 Å². The molecule has 0 heterocycles. The lowest BCUT2D eigenvalue weighted by Gasteiger charge is -2.29. The van der Waals surface area contributed by atoms with Crippen molar-refractivity contribution in [3.05, 3.63) is 0 Å². The van der Waals surface area contributed by atoms with Crippen molar-refractivity contribution in [3.8, 4) is 0 Å². The van der Waals surface area contributed by atoms with Crippen LogP contribution < -0.4 is 0 Å². The molecule has 0 aromatic rings. The molecule has 0 atom stereocenters. The van der Waals surface area contributed by atoms with Gasteiger partial charge >= 0.3 is 18.1 Å². The summed E-state index contributed by atoms with van der Waals surface area (Å²) in [7, 11) is 11.5. The quantitative estimate of drug-likeness (QED) is 0.181. The van der Waals surface area contributed by atoms with Gasteiger partial charge in [0, 0.05) is 77.1 Å². The predicted octanol–water partition coefficient (Wildman–Crippen LogP) is -0.335. The van der Waals surface area contributed by atoms with Gasteiger partial charge in [0.05, 0.1) is 9.52 Å². The summed E-state index contributed by atoms with van der Waals surface area (Å²) in [5, 5.41) is 0. The first kappa shape index (κ1) is 32.6. The Morgan fingerprint density at radius 1 is 0.733 bits per heavy atom. The summed E-state index contributed by atoms with van der Waals surface area (Å²) >= 11 is 0. The van der Waals surface area contributed by atoms with Crippen molar-refractivity contribution in [3.63, 3.8) is 0 Å². The van der Waals surface area contributed by atoms with Crippen LogP contribution in [0.1, 0.15) is 0 Å². The van der Waals surface area contributed by atoms with Crippen LogP contribution in [-0.2, 0) is 45.8 Å². The molecule has 0 fully saturated rings. The van der Waals surface area contributed by atoms with Gasteiger partial charge in [-0.05, 0) is 6.04 Å². The first-order chi connectivity index (χ1) is 14.3. The lowest BCUT2D eigenvalue weighted by Crippen LogP contribution is -2.43. The maximum Gasteiger partial charge on any atom is 0.499 e. The Kier molecular flexibility index (Phi) is 21.9. The van der Waals surface area contributed by atoms with E-state index in [1.807, 2.05) is 0 Å². The molecule has 0 saturated carbocycles. The van der Waals surface area contributed by atoms with Crippen molar-refractivity contribution in [2.75, 3.05) is 71.1 Å². The minimum atomic E-state index is -2.39. The predicted molar refractivity (Wildman–Crippen MR) is 126 cm³/mol. The van der Waals surface area contributed by atoms with Gasteiger partial charge in [-0.3, -0.25) is 0 Å². The number of rotatable bonds is 18. The molecule has 30 heavy (non-hydrogen) atoms. The maximum atomic E-state index is 5.32. The second kappa shape index (κ2) is 20.1. The molecule has 14 heteroatoms. The van der Waals surface area contributed by atoms with Crippen LogP contribution in [0.4, 0.5) is 0 Å². The maximum absolute atomic E-state index is 5.32. The van der Waals surface area contributed by atoms with Gasteiger partial charge in [0.2, 0.25) is 5.60 Å². The zero-order valence-electron chi connectivity index (χ0n) is 20.5. The molecule has 0 aliphatic heterocycles. The first-order valence-corrected chi connectivity index (χ1v) is 17.0. The van der Waals surface area contributed by atoms with E-state index in [9.17, 15) is 0 Å². The highest BCUT2D eigenvalue weighted by atomic mass is 28.4. The molecular formula is C16H44O10Si4. The molecule has 0 aromatic carbocycles. The second-order valence-corrected chi connectivity index (χ2v) is 15.7. The summed E-state index contributed by atoms with van der Waals surface area (Å²) in [5.41, 5.74) is -0.791. The van der Waals surface area contributed by atoms with Crippen LogP contribution in [0.5, 0.6) is 0 Å². The minimum absolute atomic E-state index is 0.0257. The van der Waals surface area contributed by atoms with Gasteiger partial charge in [0.15, 0.2) is 0 Å². The van der Waals surface area contributed by atoms with E-state index in [-0.39, 0.29) is 5.91 Å². The van der Waals surface area contributed by atoms with E-state index in [2.05, 4.69) is 0 Å². The van der Waals surface area contributed by atoms with E-state index in [4.69, 9.17) is 45.8 Å². The third-order valence-electron chi connectivity index (χ3n) is 4.76. The van der Waals surface area contributed by atoms with Crippen LogP contribution in [0.2, 0.25) is 24.2 Å². The van der Waals surface area contributed by atoms with Gasteiger partial charge in [-0.2, -0.15) is 0 Å². The summed E-state index contributed by atoms with van der Waals surface area (Å²) < 4.78 is 52.4. The molecule has 0 bridgehead atoms. The van der Waals surface area contributed by atoms with Crippen molar-refractivity contribution < 1.29 is 45.8 Å². The highest BCUT2D eigenvalue weighted by Gasteiger charge is 2.37. The van der Waals surface area contributed by atoms with Crippen LogP contribution in [0.3, 0.4) is 0 Å². The Morgan fingerprint density at radius 3 is 1.53 bits per heavy atom. The molecule has 0 amide bonds. The third-order valence-corrected chi connectivity index (χ3v) is 15.2. The van der Waals surface area contributed by atoms with E-state index in [0.29, 0.717) is 0 Å². The smallest absolute Gasteiger partial charge is 0.400 e. The Hall–Kier alpha value is 0.468. The Balaban J connectivity index is 0. The highest BCUT2D eigenvalue weighted by molar-refractivity contribution is 6.61. The molecule has 0 radical (unpaired) electrons. The molecule has 0 unspecified atom stereocenters. The normalized spacial score (nSPS) is 13.2. The summed E-state index contributed by atoms with van der Waals surface area (Å²) in [6.45, 7) is 0. The van der Waals surface area contributed by atoms with Gasteiger partial charge in [-0.25, -0.2) is 0 Å². The number of methoxy groups -OCH3 is 5. The fourth-order valence-corrected chi connectivity index (χ4v) is 11.1. The molecule has 184 valence electrons. The summed E-state index contributed by atoms with van der Waals surface area (Å²) in [6.07, 6.45) is 0. The van der Waals surface area contributed by atoms with Crippen LogP contribution in [0.15, 0.2) is 0 Å². The average Bonchev–Trinajstić information content (AvgIpc) is 2.81. The fourth-order valence-electron chi connectivity index (χ4n) is 2.75. The number of hydrogen-bond acceptors (Lipinski definition) is 10. The molecule has 0 aliphatic carbocycles. The molecule has 0 aromatic heterocycles. The molecule has 0 aliphatic rings. The summed E-state index contributed by atoms with van der Waals surface area (Å²) in [6, 6.07) is 3.84. The van der Waals surface area contributed by atoms with E-state index in [1.165, 1.54) is 0 Å². The number of hydrogen-bond donors (Lipinski definition) is 0. The van der Waals surface area contributed by atoms with Gasteiger partial charge in [-0.1, -0.05) is 12.1 Å². The molecular weight excluding hydrogens is 465 g/mol. The third kappa shape index (κ3) is 13.1. The number of ether oxygens (including phenoxy) is 5. The highest BCUT2D eigenvalue weighted by Crippen LogP contribution is 2.16. The summed E-state index contributed by atoms with van der Waals surface area (Å²) in [5.74, 6) is -0.0257. The van der Waals surface area contributed by atoms with Crippen LogP contribution in [0, 0.1) is 0 Å². The van der Waals surface area contributed by atoms with Crippen LogP contribution in [-0.4, -0.2) is 120 Å². The zero-order valence-corrected chi connectivity index (χ0v) is 25.5. The molecule has 0 N–H and O–H groups in total. The minimum Gasteiger partial charge on any atom is -0.400 e. The van der Waals surface area contributed by atoms with E-state index >= 15 is 0 Å². The topological polar surface area (TPSA) is 92.3 Å². The van der Waals surface area contributed by atoms with Gasteiger partial charge in [-0.15, -0.1) is 0 Å². The van der Waals surface area contributed by atoms with E-state index in [1.54, 1.807) is 71.1 Å². The van der Waals surface area contributed by atoms with Crippen molar-refractivity contribution in [1.29, 1.82) is 0 Å². The fraction of sp³-hybridized carbons (Fsp3) is 1.00. The standard InChI is InChI=1S/2C8H22O5Si2/c1-9-8(10-2)14-6-7-15(11-3,12-4)13-5;1-9-8(10-2,11-3)14-6-7-15(12-4)13-5/h8H,6-7,14H2,1-5H3;15H,6-7,14H2,1-5H3. The molecule has 0 saturated heterocycles. The van der Waals surface area contributed by atoms with Crippen molar-refractivity contribution in [2.24, 2.45) is 0 Å². The Morgan fingerprint density at radius 2 is 1.20 bits per heavy atom. The lowest BCUT2D eigenvalue weighted by molar-refractivity contribution is -0.294. The average molecular weight is 509 g/mol. The SMILES string of the molecule is COC(OC)[SiH2]CC[Si](OC)(OC)OC.CO[SiH](CC[SiH2]C(OC)(OC)OC)OC. The largest absolute Gasteiger partial charge is 0.499 e. The second-order valence-electron chi connectivity index (χ2n) is 6.18. The van der Waals surface area contributed by atoms with E-state index in [0.717, 1.165) is 24.2 Å². The zero-order chi connectivity index (χ0) is 23.5. The van der Waals surface area contributed by atoms with Crippen molar-refractivity contribution in [2.45, 2.75) is 35.7 Å².